The zero-order valence-electron chi connectivity index (χ0n) is 12.7. The lowest BCUT2D eigenvalue weighted by Gasteiger charge is -2.36. The Kier molecular flexibility index (Phi) is 4.68. The Labute approximate surface area is 126 Å². The summed E-state index contributed by atoms with van der Waals surface area (Å²) >= 11 is 0. The molecule has 0 aromatic heterocycles. The first-order valence-electron chi connectivity index (χ1n) is 7.06. The van der Waals surface area contributed by atoms with Gasteiger partial charge in [-0.3, -0.25) is 4.79 Å². The monoisotopic (exact) mass is 310 g/mol. The van der Waals surface area contributed by atoms with E-state index >= 15 is 0 Å². The molecule has 1 N–H and O–H groups in total. The minimum absolute atomic E-state index is 0.0365. The van der Waals surface area contributed by atoms with Gasteiger partial charge in [-0.25, -0.2) is 8.42 Å². The molecule has 1 fully saturated rings. The lowest BCUT2D eigenvalue weighted by atomic mass is 10.1. The third kappa shape index (κ3) is 4.54. The van der Waals surface area contributed by atoms with Crippen LogP contribution in [-0.2, 0) is 15.6 Å². The van der Waals surface area contributed by atoms with Gasteiger partial charge in [0.1, 0.15) is 0 Å². The molecule has 0 radical (unpaired) electrons. The zero-order chi connectivity index (χ0) is 15.6. The smallest absolute Gasteiger partial charge is 0.253 e. The van der Waals surface area contributed by atoms with Crippen molar-refractivity contribution in [1.82, 2.24) is 10.2 Å². The standard InChI is InChI=1S/C15H22N2O3S/c1-11-8-17(9-12(2)16-11)15(18)14-6-4-5-13(7-14)10-21(3,19)20/h4-7,11-12,16H,8-10H2,1-3H3/t11-,12-/m1/s1. The summed E-state index contributed by atoms with van der Waals surface area (Å²) in [7, 11) is -3.10. The van der Waals surface area contributed by atoms with Gasteiger partial charge in [0.15, 0.2) is 9.84 Å². The molecule has 1 aliphatic rings. The van der Waals surface area contributed by atoms with Crippen LogP contribution >= 0.6 is 0 Å². The van der Waals surface area contributed by atoms with Crippen molar-refractivity contribution in [3.8, 4) is 0 Å². The fraction of sp³-hybridized carbons (Fsp3) is 0.533. The first-order chi connectivity index (χ1) is 9.74. The summed E-state index contributed by atoms with van der Waals surface area (Å²) in [4.78, 5) is 14.4. The minimum atomic E-state index is -3.10. The Hall–Kier alpha value is -1.40. The van der Waals surface area contributed by atoms with Gasteiger partial charge in [0.2, 0.25) is 0 Å². The molecular weight excluding hydrogens is 288 g/mol. The van der Waals surface area contributed by atoms with Crippen molar-refractivity contribution in [3.05, 3.63) is 35.4 Å². The van der Waals surface area contributed by atoms with Gasteiger partial charge in [0.25, 0.3) is 5.91 Å². The van der Waals surface area contributed by atoms with Crippen molar-refractivity contribution in [2.24, 2.45) is 0 Å². The summed E-state index contributed by atoms with van der Waals surface area (Å²) < 4.78 is 22.7. The lowest BCUT2D eigenvalue weighted by molar-refractivity contribution is 0.0673. The Morgan fingerprint density at radius 2 is 1.90 bits per heavy atom. The highest BCUT2D eigenvalue weighted by Crippen LogP contribution is 2.13. The predicted molar refractivity (Wildman–Crippen MR) is 83.0 cm³/mol. The Bertz CT molecular complexity index is 618. The molecule has 0 bridgehead atoms. The highest BCUT2D eigenvalue weighted by atomic mass is 32.2. The number of nitrogens with zero attached hydrogens (tertiary/aromatic N) is 1. The van der Waals surface area contributed by atoms with Crippen LogP contribution in [0.2, 0.25) is 0 Å². The van der Waals surface area contributed by atoms with Gasteiger partial charge in [0, 0.05) is 37.0 Å². The molecule has 2 atom stereocenters. The van der Waals surface area contributed by atoms with Crippen LogP contribution in [0.4, 0.5) is 0 Å². The molecule has 0 saturated carbocycles. The summed E-state index contributed by atoms with van der Waals surface area (Å²) in [5.41, 5.74) is 1.21. The van der Waals surface area contributed by atoms with Gasteiger partial charge in [0.05, 0.1) is 5.75 Å². The summed E-state index contributed by atoms with van der Waals surface area (Å²) in [6.45, 7) is 5.44. The van der Waals surface area contributed by atoms with Crippen molar-refractivity contribution in [3.63, 3.8) is 0 Å². The van der Waals surface area contributed by atoms with Gasteiger partial charge in [-0.2, -0.15) is 0 Å². The number of hydrogen-bond acceptors (Lipinski definition) is 4. The third-order valence-electron chi connectivity index (χ3n) is 3.45. The topological polar surface area (TPSA) is 66.5 Å². The Morgan fingerprint density at radius 1 is 1.29 bits per heavy atom. The van der Waals surface area contributed by atoms with Gasteiger partial charge in [-0.05, 0) is 31.5 Å². The molecule has 1 heterocycles. The number of carbonyl (C=O) groups is 1. The normalized spacial score (nSPS) is 23.1. The maximum atomic E-state index is 12.6. The highest BCUT2D eigenvalue weighted by molar-refractivity contribution is 7.89. The van der Waals surface area contributed by atoms with E-state index in [1.165, 1.54) is 6.26 Å². The summed E-state index contributed by atoms with van der Waals surface area (Å²) in [6.07, 6.45) is 1.20. The van der Waals surface area contributed by atoms with Gasteiger partial charge in [-0.15, -0.1) is 0 Å². The molecule has 0 unspecified atom stereocenters. The van der Waals surface area contributed by atoms with Crippen LogP contribution in [0.25, 0.3) is 0 Å². The number of carbonyl (C=O) groups excluding carboxylic acids is 1. The first-order valence-corrected chi connectivity index (χ1v) is 9.12. The third-order valence-corrected chi connectivity index (χ3v) is 4.31. The average molecular weight is 310 g/mol. The molecule has 1 saturated heterocycles. The fourth-order valence-electron chi connectivity index (χ4n) is 2.77. The van der Waals surface area contributed by atoms with Crippen LogP contribution in [0.3, 0.4) is 0 Å². The van der Waals surface area contributed by atoms with Crippen molar-refractivity contribution in [1.29, 1.82) is 0 Å². The molecule has 1 aliphatic heterocycles. The second-order valence-electron chi connectivity index (χ2n) is 5.95. The van der Waals surface area contributed by atoms with E-state index < -0.39 is 9.84 Å². The Balaban J connectivity index is 2.17. The Morgan fingerprint density at radius 3 is 2.48 bits per heavy atom. The van der Waals surface area contributed by atoms with Crippen molar-refractivity contribution in [2.75, 3.05) is 19.3 Å². The van der Waals surface area contributed by atoms with E-state index in [0.29, 0.717) is 24.2 Å². The molecule has 6 heteroatoms. The molecule has 1 amide bonds. The summed E-state index contributed by atoms with van der Waals surface area (Å²) in [5, 5.41) is 3.38. The van der Waals surface area contributed by atoms with Gasteiger partial charge in [-0.1, -0.05) is 12.1 Å². The number of rotatable bonds is 3. The van der Waals surface area contributed by atoms with Gasteiger partial charge < -0.3 is 10.2 Å². The maximum absolute atomic E-state index is 12.6. The number of benzene rings is 1. The number of sulfone groups is 1. The molecule has 2 rings (SSSR count). The number of nitrogens with one attached hydrogen (secondary N) is 1. The second kappa shape index (κ2) is 6.15. The van der Waals surface area contributed by atoms with E-state index in [2.05, 4.69) is 19.2 Å². The predicted octanol–water partition coefficient (Wildman–Crippen LogP) is 1.05. The molecule has 5 nitrogen and oxygen atoms in total. The minimum Gasteiger partial charge on any atom is -0.336 e. The zero-order valence-corrected chi connectivity index (χ0v) is 13.5. The highest BCUT2D eigenvalue weighted by Gasteiger charge is 2.25. The van der Waals surface area contributed by atoms with Crippen LogP contribution in [0.1, 0.15) is 29.8 Å². The van der Waals surface area contributed by atoms with Crippen molar-refractivity contribution >= 4 is 15.7 Å². The summed E-state index contributed by atoms with van der Waals surface area (Å²) in [5.74, 6) is -0.0757. The fourth-order valence-corrected chi connectivity index (χ4v) is 3.56. The summed E-state index contributed by atoms with van der Waals surface area (Å²) in [6, 6.07) is 7.42. The quantitative estimate of drug-likeness (QED) is 0.906. The number of amides is 1. The lowest BCUT2D eigenvalue weighted by Crippen LogP contribution is -2.55. The SMILES string of the molecule is C[C@@H]1CN(C(=O)c2cccc(CS(C)(=O)=O)c2)C[C@@H](C)N1. The molecule has 116 valence electrons. The van der Waals surface area contributed by atoms with E-state index in [1.54, 1.807) is 24.3 Å². The van der Waals surface area contributed by atoms with Crippen molar-refractivity contribution in [2.45, 2.75) is 31.7 Å². The molecule has 1 aromatic rings. The van der Waals surface area contributed by atoms with Crippen LogP contribution in [-0.4, -0.2) is 50.7 Å². The van der Waals surface area contributed by atoms with E-state index in [1.807, 2.05) is 4.90 Å². The largest absolute Gasteiger partial charge is 0.336 e. The van der Waals surface area contributed by atoms with E-state index in [-0.39, 0.29) is 23.7 Å². The molecular formula is C15H22N2O3S. The molecule has 0 aliphatic carbocycles. The van der Waals surface area contributed by atoms with E-state index in [0.717, 1.165) is 0 Å². The first kappa shape index (κ1) is 16.0. The van der Waals surface area contributed by atoms with Gasteiger partial charge >= 0.3 is 0 Å². The van der Waals surface area contributed by atoms with Crippen LogP contribution in [0.15, 0.2) is 24.3 Å². The van der Waals surface area contributed by atoms with Crippen LogP contribution < -0.4 is 5.32 Å². The average Bonchev–Trinajstić information content (AvgIpc) is 2.35. The number of piperazine rings is 1. The van der Waals surface area contributed by atoms with Crippen LogP contribution in [0, 0.1) is 0 Å². The molecule has 0 spiro atoms. The van der Waals surface area contributed by atoms with E-state index in [9.17, 15) is 13.2 Å². The van der Waals surface area contributed by atoms with E-state index in [4.69, 9.17) is 0 Å². The maximum Gasteiger partial charge on any atom is 0.253 e. The number of hydrogen-bond donors (Lipinski definition) is 1. The van der Waals surface area contributed by atoms with Crippen LogP contribution in [0.5, 0.6) is 0 Å². The molecule has 21 heavy (non-hydrogen) atoms. The molecule has 1 aromatic carbocycles. The second-order valence-corrected chi connectivity index (χ2v) is 8.09. The van der Waals surface area contributed by atoms with Crippen molar-refractivity contribution < 1.29 is 13.2 Å².